The minimum Gasteiger partial charge on any atom is -0.484 e. The van der Waals surface area contributed by atoms with Crippen LogP contribution in [0.15, 0.2) is 51.7 Å². The fourth-order valence-corrected chi connectivity index (χ4v) is 2.86. The standard InChI is InChI=1S/C21H21NO4/c1-4-17-14(3)18-10-9-16(11-19(18)26-21(17)24)25-12-20(23)22-15-7-5-13(2)6-8-15/h5-11H,4,12H2,1-3H3,(H,22,23). The van der Waals surface area contributed by atoms with Gasteiger partial charge in [0.2, 0.25) is 0 Å². The zero-order chi connectivity index (χ0) is 18.7. The number of carbonyl (C=O) groups is 1. The third kappa shape index (κ3) is 3.77. The van der Waals surface area contributed by atoms with Gasteiger partial charge in [0.1, 0.15) is 11.3 Å². The van der Waals surface area contributed by atoms with Crippen molar-refractivity contribution in [1.29, 1.82) is 0 Å². The van der Waals surface area contributed by atoms with Gasteiger partial charge in [0.15, 0.2) is 6.61 Å². The van der Waals surface area contributed by atoms with Crippen molar-refractivity contribution in [3.8, 4) is 5.75 Å². The second kappa shape index (κ2) is 7.44. The highest BCUT2D eigenvalue weighted by molar-refractivity contribution is 5.92. The molecule has 0 spiro atoms. The predicted octanol–water partition coefficient (Wildman–Crippen LogP) is 3.99. The van der Waals surface area contributed by atoms with Crippen molar-refractivity contribution in [3.05, 3.63) is 69.6 Å². The van der Waals surface area contributed by atoms with Crippen molar-refractivity contribution in [2.45, 2.75) is 27.2 Å². The summed E-state index contributed by atoms with van der Waals surface area (Å²) in [6, 6.07) is 12.8. The maximum absolute atomic E-state index is 12.0. The number of rotatable bonds is 5. The summed E-state index contributed by atoms with van der Waals surface area (Å²) in [5.74, 6) is 0.219. The first kappa shape index (κ1) is 17.7. The Morgan fingerprint density at radius 2 is 1.85 bits per heavy atom. The maximum atomic E-state index is 12.0. The average molecular weight is 351 g/mol. The lowest BCUT2D eigenvalue weighted by molar-refractivity contribution is -0.118. The SMILES string of the molecule is CCc1c(C)c2ccc(OCC(=O)Nc3ccc(C)cc3)cc2oc1=O. The summed E-state index contributed by atoms with van der Waals surface area (Å²) >= 11 is 0. The Bertz CT molecular complexity index is 1000. The molecule has 1 aromatic heterocycles. The molecule has 26 heavy (non-hydrogen) atoms. The van der Waals surface area contributed by atoms with E-state index in [1.54, 1.807) is 12.1 Å². The number of amides is 1. The van der Waals surface area contributed by atoms with Gasteiger partial charge in [0, 0.05) is 22.7 Å². The Morgan fingerprint density at radius 1 is 1.12 bits per heavy atom. The van der Waals surface area contributed by atoms with E-state index in [4.69, 9.17) is 9.15 Å². The number of carbonyl (C=O) groups excluding carboxylic acids is 1. The van der Waals surface area contributed by atoms with E-state index in [0.717, 1.165) is 22.2 Å². The van der Waals surface area contributed by atoms with E-state index in [1.807, 2.05) is 51.1 Å². The van der Waals surface area contributed by atoms with Gasteiger partial charge in [-0.15, -0.1) is 0 Å². The summed E-state index contributed by atoms with van der Waals surface area (Å²) in [5, 5.41) is 3.65. The topological polar surface area (TPSA) is 68.5 Å². The lowest BCUT2D eigenvalue weighted by Gasteiger charge is -2.10. The summed E-state index contributed by atoms with van der Waals surface area (Å²) in [6.07, 6.45) is 0.627. The lowest BCUT2D eigenvalue weighted by atomic mass is 10.0. The molecule has 2 aromatic carbocycles. The minimum absolute atomic E-state index is 0.129. The molecule has 3 aromatic rings. The van der Waals surface area contributed by atoms with Crippen LogP contribution >= 0.6 is 0 Å². The zero-order valence-corrected chi connectivity index (χ0v) is 15.1. The molecule has 0 saturated carbocycles. The summed E-state index contributed by atoms with van der Waals surface area (Å²) in [7, 11) is 0. The van der Waals surface area contributed by atoms with E-state index in [2.05, 4.69) is 5.32 Å². The van der Waals surface area contributed by atoms with Crippen molar-refractivity contribution in [2.75, 3.05) is 11.9 Å². The van der Waals surface area contributed by atoms with E-state index in [-0.39, 0.29) is 18.1 Å². The quantitative estimate of drug-likeness (QED) is 0.706. The highest BCUT2D eigenvalue weighted by Crippen LogP contribution is 2.24. The Balaban J connectivity index is 1.72. The second-order valence-corrected chi connectivity index (χ2v) is 6.21. The molecule has 1 heterocycles. The van der Waals surface area contributed by atoms with Crippen LogP contribution in [0, 0.1) is 13.8 Å². The van der Waals surface area contributed by atoms with Gasteiger partial charge in [-0.1, -0.05) is 24.6 Å². The van der Waals surface area contributed by atoms with E-state index < -0.39 is 0 Å². The van der Waals surface area contributed by atoms with Crippen molar-refractivity contribution >= 4 is 22.6 Å². The summed E-state index contributed by atoms with van der Waals surface area (Å²) in [6.45, 7) is 5.69. The maximum Gasteiger partial charge on any atom is 0.339 e. The van der Waals surface area contributed by atoms with Gasteiger partial charge in [-0.3, -0.25) is 4.79 Å². The Morgan fingerprint density at radius 3 is 2.54 bits per heavy atom. The lowest BCUT2D eigenvalue weighted by Crippen LogP contribution is -2.20. The Hall–Kier alpha value is -3.08. The highest BCUT2D eigenvalue weighted by atomic mass is 16.5. The molecule has 1 N–H and O–H groups in total. The van der Waals surface area contributed by atoms with Crippen molar-refractivity contribution in [3.63, 3.8) is 0 Å². The van der Waals surface area contributed by atoms with Crippen LogP contribution in [-0.4, -0.2) is 12.5 Å². The number of hydrogen-bond acceptors (Lipinski definition) is 4. The van der Waals surface area contributed by atoms with Crippen LogP contribution in [0.2, 0.25) is 0 Å². The fourth-order valence-electron chi connectivity index (χ4n) is 2.86. The fraction of sp³-hybridized carbons (Fsp3) is 0.238. The van der Waals surface area contributed by atoms with Crippen LogP contribution in [0.4, 0.5) is 5.69 Å². The molecule has 5 nitrogen and oxygen atoms in total. The summed E-state index contributed by atoms with van der Waals surface area (Å²) in [4.78, 5) is 24.0. The van der Waals surface area contributed by atoms with Crippen LogP contribution < -0.4 is 15.7 Å². The molecule has 0 unspecified atom stereocenters. The van der Waals surface area contributed by atoms with Crippen LogP contribution in [0.1, 0.15) is 23.6 Å². The summed E-state index contributed by atoms with van der Waals surface area (Å²) in [5.41, 5.74) is 3.58. The van der Waals surface area contributed by atoms with E-state index >= 15 is 0 Å². The largest absolute Gasteiger partial charge is 0.484 e. The first-order valence-corrected chi connectivity index (χ1v) is 8.53. The van der Waals surface area contributed by atoms with Gasteiger partial charge in [-0.25, -0.2) is 4.79 Å². The van der Waals surface area contributed by atoms with Gasteiger partial charge >= 0.3 is 5.63 Å². The third-order valence-electron chi connectivity index (χ3n) is 4.32. The van der Waals surface area contributed by atoms with Crippen molar-refractivity contribution in [2.24, 2.45) is 0 Å². The molecular formula is C21H21NO4. The minimum atomic E-state index is -0.327. The molecular weight excluding hydrogens is 330 g/mol. The number of aryl methyl sites for hydroxylation is 2. The number of hydrogen-bond donors (Lipinski definition) is 1. The van der Waals surface area contributed by atoms with Crippen LogP contribution in [0.5, 0.6) is 5.75 Å². The predicted molar refractivity (Wildman–Crippen MR) is 102 cm³/mol. The average Bonchev–Trinajstić information content (AvgIpc) is 2.62. The molecule has 0 radical (unpaired) electrons. The van der Waals surface area contributed by atoms with E-state index in [0.29, 0.717) is 23.3 Å². The second-order valence-electron chi connectivity index (χ2n) is 6.21. The smallest absolute Gasteiger partial charge is 0.339 e. The zero-order valence-electron chi connectivity index (χ0n) is 15.1. The van der Waals surface area contributed by atoms with Gasteiger partial charge in [0.25, 0.3) is 5.91 Å². The molecule has 134 valence electrons. The molecule has 0 fully saturated rings. The van der Waals surface area contributed by atoms with Crippen molar-refractivity contribution in [1.82, 2.24) is 0 Å². The van der Waals surface area contributed by atoms with Crippen molar-refractivity contribution < 1.29 is 13.9 Å². The molecule has 0 aliphatic carbocycles. The molecule has 0 aliphatic rings. The van der Waals surface area contributed by atoms with Crippen LogP contribution in [0.25, 0.3) is 11.0 Å². The van der Waals surface area contributed by atoms with Crippen LogP contribution in [0.3, 0.4) is 0 Å². The monoisotopic (exact) mass is 351 g/mol. The highest BCUT2D eigenvalue weighted by Gasteiger charge is 2.11. The van der Waals surface area contributed by atoms with Gasteiger partial charge in [-0.05, 0) is 50.1 Å². The summed E-state index contributed by atoms with van der Waals surface area (Å²) < 4.78 is 10.9. The van der Waals surface area contributed by atoms with Gasteiger partial charge < -0.3 is 14.5 Å². The van der Waals surface area contributed by atoms with E-state index in [1.165, 1.54) is 0 Å². The molecule has 3 rings (SSSR count). The first-order chi connectivity index (χ1) is 12.5. The normalized spacial score (nSPS) is 10.7. The van der Waals surface area contributed by atoms with Gasteiger partial charge in [0.05, 0.1) is 0 Å². The third-order valence-corrected chi connectivity index (χ3v) is 4.32. The molecule has 0 saturated heterocycles. The number of fused-ring (bicyclic) bond motifs is 1. The Kier molecular flexibility index (Phi) is 5.07. The van der Waals surface area contributed by atoms with Crippen LogP contribution in [-0.2, 0) is 11.2 Å². The number of benzene rings is 2. The molecule has 0 atom stereocenters. The van der Waals surface area contributed by atoms with E-state index in [9.17, 15) is 9.59 Å². The molecule has 5 heteroatoms. The number of ether oxygens (including phenoxy) is 1. The number of anilines is 1. The first-order valence-electron chi connectivity index (χ1n) is 8.53. The van der Waals surface area contributed by atoms with Gasteiger partial charge in [-0.2, -0.15) is 0 Å². The molecule has 0 bridgehead atoms. The molecule has 0 aliphatic heterocycles. The Labute approximate surface area is 151 Å². The number of nitrogens with one attached hydrogen (secondary N) is 1. The molecule has 1 amide bonds.